The second kappa shape index (κ2) is 5.42. The maximum Gasteiger partial charge on any atom is 0.315 e. The first kappa shape index (κ1) is 14.5. The molecular formula is C13H9FN4O5. The van der Waals surface area contributed by atoms with Gasteiger partial charge in [0.1, 0.15) is 0 Å². The number of halogens is 1. The van der Waals surface area contributed by atoms with Crippen LogP contribution in [0.15, 0.2) is 36.5 Å². The van der Waals surface area contributed by atoms with Gasteiger partial charge in [-0.25, -0.2) is 9.99 Å². The minimum Gasteiger partial charge on any atom is -0.504 e. The SMILES string of the molecule is O=[N+]([O-])c1cc(C2=CN(c3cccc(F)n3)NO2)cc(O)c1O. The van der Waals surface area contributed by atoms with Gasteiger partial charge >= 0.3 is 5.69 Å². The van der Waals surface area contributed by atoms with Crippen molar-refractivity contribution >= 4 is 17.3 Å². The number of nitro benzene ring substituents is 1. The van der Waals surface area contributed by atoms with E-state index in [-0.39, 0.29) is 17.1 Å². The Bertz CT molecular complexity index is 826. The highest BCUT2D eigenvalue weighted by Gasteiger charge is 2.24. The predicted molar refractivity (Wildman–Crippen MR) is 75.3 cm³/mol. The third-order valence-electron chi connectivity index (χ3n) is 3.00. The van der Waals surface area contributed by atoms with Gasteiger partial charge in [-0.15, -0.1) is 0 Å². The topological polar surface area (TPSA) is 121 Å². The Morgan fingerprint density at radius 1 is 1.35 bits per heavy atom. The maximum absolute atomic E-state index is 13.1. The molecule has 0 bridgehead atoms. The van der Waals surface area contributed by atoms with E-state index in [1.54, 1.807) is 0 Å². The van der Waals surface area contributed by atoms with Crippen LogP contribution < -0.4 is 10.6 Å². The molecule has 1 aliphatic rings. The fraction of sp³-hybridized carbons (Fsp3) is 0. The molecule has 10 heteroatoms. The zero-order valence-corrected chi connectivity index (χ0v) is 11.3. The second-order valence-electron chi connectivity index (χ2n) is 4.50. The molecule has 0 saturated heterocycles. The normalized spacial score (nSPS) is 13.6. The van der Waals surface area contributed by atoms with E-state index in [1.165, 1.54) is 29.4 Å². The van der Waals surface area contributed by atoms with Crippen LogP contribution in [-0.2, 0) is 4.84 Å². The molecule has 0 amide bonds. The van der Waals surface area contributed by atoms with Crippen molar-refractivity contribution in [1.82, 2.24) is 10.6 Å². The number of hydrogen-bond donors (Lipinski definition) is 3. The zero-order valence-electron chi connectivity index (χ0n) is 11.3. The molecule has 2 aromatic rings. The lowest BCUT2D eigenvalue weighted by Crippen LogP contribution is -2.27. The summed E-state index contributed by atoms with van der Waals surface area (Å²) in [6.07, 6.45) is 1.36. The number of hydrogen-bond acceptors (Lipinski definition) is 8. The minimum atomic E-state index is -0.840. The minimum absolute atomic E-state index is 0.106. The summed E-state index contributed by atoms with van der Waals surface area (Å²) in [7, 11) is 0. The van der Waals surface area contributed by atoms with Gasteiger partial charge in [-0.2, -0.15) is 4.39 Å². The summed E-state index contributed by atoms with van der Waals surface area (Å²) < 4.78 is 13.1. The zero-order chi connectivity index (χ0) is 16.6. The van der Waals surface area contributed by atoms with E-state index in [0.717, 1.165) is 12.1 Å². The van der Waals surface area contributed by atoms with Crippen LogP contribution in [0.2, 0.25) is 0 Å². The van der Waals surface area contributed by atoms with E-state index in [4.69, 9.17) is 4.84 Å². The van der Waals surface area contributed by atoms with Crippen LogP contribution in [0.25, 0.3) is 5.76 Å². The van der Waals surface area contributed by atoms with Crippen molar-refractivity contribution in [2.24, 2.45) is 0 Å². The average molecular weight is 320 g/mol. The predicted octanol–water partition coefficient (Wildman–Crippen LogP) is 1.79. The number of hydrazine groups is 1. The standard InChI is InChI=1S/C13H9FN4O5/c14-11-2-1-3-12(15-11)17-6-10(23-16-17)7-4-8(18(21)22)13(20)9(19)5-7/h1-6,16,19-20H. The Morgan fingerprint density at radius 2 is 2.13 bits per heavy atom. The molecule has 0 unspecified atom stereocenters. The molecule has 0 saturated carbocycles. The summed E-state index contributed by atoms with van der Waals surface area (Å²) in [6.45, 7) is 0. The molecule has 0 spiro atoms. The fourth-order valence-electron chi connectivity index (χ4n) is 1.93. The number of anilines is 1. The lowest BCUT2D eigenvalue weighted by atomic mass is 10.1. The van der Waals surface area contributed by atoms with Crippen molar-refractivity contribution in [3.63, 3.8) is 0 Å². The van der Waals surface area contributed by atoms with Crippen molar-refractivity contribution in [1.29, 1.82) is 0 Å². The molecule has 3 rings (SSSR count). The molecule has 1 aromatic heterocycles. The largest absolute Gasteiger partial charge is 0.504 e. The van der Waals surface area contributed by atoms with Crippen molar-refractivity contribution < 1.29 is 24.4 Å². The van der Waals surface area contributed by atoms with Gasteiger partial charge in [0, 0.05) is 11.6 Å². The van der Waals surface area contributed by atoms with E-state index in [0.29, 0.717) is 0 Å². The molecule has 3 N–H and O–H groups in total. The number of phenols is 2. The van der Waals surface area contributed by atoms with Crippen LogP contribution in [0.1, 0.15) is 5.56 Å². The monoisotopic (exact) mass is 320 g/mol. The summed E-state index contributed by atoms with van der Waals surface area (Å²) in [6, 6.07) is 6.26. The van der Waals surface area contributed by atoms with E-state index < -0.39 is 28.1 Å². The van der Waals surface area contributed by atoms with Crippen molar-refractivity contribution in [3.05, 3.63) is 58.2 Å². The van der Waals surface area contributed by atoms with Gasteiger partial charge in [0.25, 0.3) is 0 Å². The molecule has 0 radical (unpaired) electrons. The van der Waals surface area contributed by atoms with Crippen LogP contribution in [0.5, 0.6) is 11.5 Å². The van der Waals surface area contributed by atoms with Gasteiger partial charge in [-0.1, -0.05) is 11.7 Å². The number of nitrogens with zero attached hydrogens (tertiary/aromatic N) is 3. The number of pyridine rings is 1. The van der Waals surface area contributed by atoms with E-state index in [1.807, 2.05) is 0 Å². The van der Waals surface area contributed by atoms with Crippen molar-refractivity contribution in [3.8, 4) is 11.5 Å². The van der Waals surface area contributed by atoms with Gasteiger partial charge in [-0.3, -0.25) is 10.1 Å². The summed E-state index contributed by atoms with van der Waals surface area (Å²) in [4.78, 5) is 18.8. The Hall–Kier alpha value is -3.40. The summed E-state index contributed by atoms with van der Waals surface area (Å²) >= 11 is 0. The average Bonchev–Trinajstić information content (AvgIpc) is 2.99. The third-order valence-corrected chi connectivity index (χ3v) is 3.00. The van der Waals surface area contributed by atoms with E-state index in [2.05, 4.69) is 10.6 Å². The Kier molecular flexibility index (Phi) is 3.43. The quantitative estimate of drug-likeness (QED) is 0.339. The highest BCUT2D eigenvalue weighted by atomic mass is 19.1. The first-order valence-corrected chi connectivity index (χ1v) is 6.22. The summed E-state index contributed by atoms with van der Waals surface area (Å²) in [5.41, 5.74) is 1.89. The van der Waals surface area contributed by atoms with E-state index >= 15 is 0 Å². The second-order valence-corrected chi connectivity index (χ2v) is 4.50. The Morgan fingerprint density at radius 3 is 2.83 bits per heavy atom. The van der Waals surface area contributed by atoms with Crippen LogP contribution in [0.3, 0.4) is 0 Å². The van der Waals surface area contributed by atoms with Crippen molar-refractivity contribution in [2.75, 3.05) is 5.01 Å². The first-order chi connectivity index (χ1) is 11.0. The number of rotatable bonds is 3. The number of aromatic hydroxyl groups is 2. The van der Waals surface area contributed by atoms with Crippen LogP contribution >= 0.6 is 0 Å². The van der Waals surface area contributed by atoms with Crippen molar-refractivity contribution in [2.45, 2.75) is 0 Å². The maximum atomic E-state index is 13.1. The number of nitrogens with one attached hydrogen (secondary N) is 1. The highest BCUT2D eigenvalue weighted by molar-refractivity contribution is 5.71. The number of nitro groups is 1. The van der Waals surface area contributed by atoms with Gasteiger partial charge < -0.3 is 15.1 Å². The first-order valence-electron chi connectivity index (χ1n) is 6.22. The molecule has 23 heavy (non-hydrogen) atoms. The molecule has 118 valence electrons. The lowest BCUT2D eigenvalue weighted by Gasteiger charge is -2.11. The summed E-state index contributed by atoms with van der Waals surface area (Å²) in [5, 5.41) is 31.1. The molecule has 0 atom stereocenters. The van der Waals surface area contributed by atoms with Gasteiger partial charge in [-0.05, 0) is 18.2 Å². The molecule has 1 aliphatic heterocycles. The van der Waals surface area contributed by atoms with Crippen LogP contribution in [-0.4, -0.2) is 20.1 Å². The molecule has 9 nitrogen and oxygen atoms in total. The lowest BCUT2D eigenvalue weighted by molar-refractivity contribution is -0.386. The number of phenolic OH excluding ortho intramolecular Hbond substituents is 2. The van der Waals surface area contributed by atoms with E-state index in [9.17, 15) is 24.7 Å². The summed E-state index contributed by atoms with van der Waals surface area (Å²) in [5.74, 6) is -1.90. The third kappa shape index (κ3) is 2.70. The highest BCUT2D eigenvalue weighted by Crippen LogP contribution is 2.38. The molecule has 1 aromatic carbocycles. The Balaban J connectivity index is 1.97. The molecule has 0 fully saturated rings. The molecular weight excluding hydrogens is 311 g/mol. The van der Waals surface area contributed by atoms with Gasteiger partial charge in [0.15, 0.2) is 17.3 Å². The number of aromatic nitrogens is 1. The molecule has 0 aliphatic carbocycles. The fourth-order valence-corrected chi connectivity index (χ4v) is 1.93. The molecule has 2 heterocycles. The number of benzene rings is 1. The Labute approximate surface area is 127 Å². The van der Waals surface area contributed by atoms with Crippen LogP contribution in [0, 0.1) is 16.1 Å². The van der Waals surface area contributed by atoms with Gasteiger partial charge in [0.2, 0.25) is 11.7 Å². The van der Waals surface area contributed by atoms with Gasteiger partial charge in [0.05, 0.1) is 11.1 Å². The smallest absolute Gasteiger partial charge is 0.315 e. The van der Waals surface area contributed by atoms with Crippen LogP contribution in [0.4, 0.5) is 15.9 Å².